The Hall–Kier alpha value is -4.08. The van der Waals surface area contributed by atoms with Crippen LogP contribution in [0.15, 0.2) is 54.6 Å². The van der Waals surface area contributed by atoms with Crippen LogP contribution in [0.3, 0.4) is 0 Å². The van der Waals surface area contributed by atoms with Gasteiger partial charge in [-0.2, -0.15) is 0 Å². The molecular formula is C35H45N3O7. The number of nitrogens with zero attached hydrogens (tertiary/aromatic N) is 2. The van der Waals surface area contributed by atoms with E-state index in [9.17, 15) is 19.2 Å². The minimum Gasteiger partial charge on any atom is -0.445 e. The molecular weight excluding hydrogens is 574 g/mol. The number of hydrogen-bond donors (Lipinski definition) is 1. The Kier molecular flexibility index (Phi) is 10.3. The molecule has 2 aromatic rings. The highest BCUT2D eigenvalue weighted by atomic mass is 16.7. The van der Waals surface area contributed by atoms with Crippen molar-refractivity contribution in [1.82, 2.24) is 15.1 Å². The molecule has 1 unspecified atom stereocenters. The molecule has 2 saturated heterocycles. The fourth-order valence-corrected chi connectivity index (χ4v) is 6.48. The molecule has 0 aromatic heterocycles. The van der Waals surface area contributed by atoms with Gasteiger partial charge in [0, 0.05) is 25.7 Å². The second kappa shape index (κ2) is 14.3. The van der Waals surface area contributed by atoms with Crippen molar-refractivity contribution in [1.29, 1.82) is 0 Å². The number of carbonyl (C=O) groups is 4. The maximum absolute atomic E-state index is 12.9. The van der Waals surface area contributed by atoms with Crippen molar-refractivity contribution in [3.05, 3.63) is 71.3 Å². The van der Waals surface area contributed by atoms with E-state index in [4.69, 9.17) is 14.2 Å². The molecule has 0 bridgehead atoms. The number of piperidine rings is 1. The van der Waals surface area contributed by atoms with Crippen LogP contribution in [0, 0.1) is 11.3 Å². The smallest absolute Gasteiger partial charge is 0.410 e. The Bertz CT molecular complexity index is 1330. The van der Waals surface area contributed by atoms with Crippen LogP contribution in [0.2, 0.25) is 0 Å². The fourth-order valence-electron chi connectivity index (χ4n) is 6.48. The molecule has 45 heavy (non-hydrogen) atoms. The van der Waals surface area contributed by atoms with Crippen LogP contribution >= 0.6 is 0 Å². The molecule has 3 fully saturated rings. The van der Waals surface area contributed by atoms with Crippen molar-refractivity contribution >= 4 is 24.1 Å². The molecule has 3 amide bonds. The first kappa shape index (κ1) is 32.3. The molecule has 1 aliphatic carbocycles. The average molecular weight is 620 g/mol. The van der Waals surface area contributed by atoms with Crippen LogP contribution in [-0.2, 0) is 30.4 Å². The Morgan fingerprint density at radius 1 is 0.822 bits per heavy atom. The van der Waals surface area contributed by atoms with Gasteiger partial charge in [0.05, 0.1) is 17.4 Å². The average Bonchev–Trinajstić information content (AvgIpc) is 3.44. The molecule has 10 heteroatoms. The molecule has 10 nitrogen and oxygen atoms in total. The Morgan fingerprint density at radius 2 is 1.47 bits per heavy atom. The zero-order valence-corrected chi connectivity index (χ0v) is 26.5. The lowest BCUT2D eigenvalue weighted by molar-refractivity contribution is -0.176. The topological polar surface area (TPSA) is 114 Å². The summed E-state index contributed by atoms with van der Waals surface area (Å²) in [6, 6.07) is 18.1. The number of hydrogen-bond acceptors (Lipinski definition) is 7. The van der Waals surface area contributed by atoms with Crippen LogP contribution in [0.1, 0.15) is 87.9 Å². The molecule has 1 atom stereocenters. The minimum absolute atomic E-state index is 0.0333. The SMILES string of the molecule is CC(C)(C)C(=O)OCOC(=O)[C@H]1CC[C@H](N2C(=O)NCC2c2ccc(C3CCN(C(=O)OCc4ccccc4)CC3)cc2)CC1. The summed E-state index contributed by atoms with van der Waals surface area (Å²) >= 11 is 0. The zero-order valence-electron chi connectivity index (χ0n) is 26.5. The number of benzene rings is 2. The molecule has 2 aliphatic heterocycles. The van der Waals surface area contributed by atoms with E-state index in [1.165, 1.54) is 5.56 Å². The molecule has 1 N–H and O–H groups in total. The fraction of sp³-hybridized carbons (Fsp3) is 0.543. The standard InChI is InChI=1S/C35H45N3O7/c1-35(2,3)32(40)45-23-44-31(39)28-13-15-29(16-14-28)38-30(21-36-33(38)41)27-11-9-25(10-12-27)26-17-19-37(20-18-26)34(42)43-22-24-7-5-4-6-8-24/h4-12,26,28-30H,13-23H2,1-3H3,(H,36,41)/t28-,29-,30?. The highest BCUT2D eigenvalue weighted by Crippen LogP contribution is 2.36. The predicted molar refractivity (Wildman–Crippen MR) is 167 cm³/mol. The van der Waals surface area contributed by atoms with Gasteiger partial charge in [0.1, 0.15) is 6.61 Å². The van der Waals surface area contributed by atoms with E-state index in [2.05, 4.69) is 29.6 Å². The van der Waals surface area contributed by atoms with Crippen molar-refractivity contribution in [2.45, 2.75) is 83.9 Å². The van der Waals surface area contributed by atoms with Gasteiger partial charge in [0.15, 0.2) is 0 Å². The molecule has 2 heterocycles. The first-order valence-electron chi connectivity index (χ1n) is 16.1. The number of rotatable bonds is 8. The van der Waals surface area contributed by atoms with Crippen molar-refractivity contribution in [3.63, 3.8) is 0 Å². The van der Waals surface area contributed by atoms with E-state index in [1.54, 1.807) is 25.7 Å². The number of ether oxygens (including phenoxy) is 3. The second-order valence-corrected chi connectivity index (χ2v) is 13.3. The van der Waals surface area contributed by atoms with Gasteiger partial charge in [-0.15, -0.1) is 0 Å². The molecule has 0 radical (unpaired) electrons. The van der Waals surface area contributed by atoms with Crippen molar-refractivity contribution < 1.29 is 33.4 Å². The number of likely N-dealkylation sites (tertiary alicyclic amines) is 1. The molecule has 0 spiro atoms. The largest absolute Gasteiger partial charge is 0.445 e. The third-order valence-corrected chi connectivity index (χ3v) is 9.19. The first-order chi connectivity index (χ1) is 21.6. The molecule has 2 aromatic carbocycles. The number of nitrogens with one attached hydrogen (secondary N) is 1. The van der Waals surface area contributed by atoms with Gasteiger partial charge in [-0.05, 0) is 81.9 Å². The summed E-state index contributed by atoms with van der Waals surface area (Å²) in [5.74, 6) is -0.679. The van der Waals surface area contributed by atoms with E-state index in [0.29, 0.717) is 51.2 Å². The van der Waals surface area contributed by atoms with Crippen LogP contribution in [0.5, 0.6) is 0 Å². The van der Waals surface area contributed by atoms with Gasteiger partial charge < -0.3 is 29.3 Å². The summed E-state index contributed by atoms with van der Waals surface area (Å²) in [5, 5.41) is 3.01. The van der Waals surface area contributed by atoms with E-state index in [-0.39, 0.29) is 49.5 Å². The van der Waals surface area contributed by atoms with Crippen LogP contribution in [0.25, 0.3) is 0 Å². The van der Waals surface area contributed by atoms with Crippen LogP contribution < -0.4 is 5.32 Å². The van der Waals surface area contributed by atoms with E-state index in [0.717, 1.165) is 24.0 Å². The van der Waals surface area contributed by atoms with Gasteiger partial charge in [0.2, 0.25) is 6.79 Å². The predicted octanol–water partition coefficient (Wildman–Crippen LogP) is 5.92. The van der Waals surface area contributed by atoms with Crippen LogP contribution in [0.4, 0.5) is 9.59 Å². The minimum atomic E-state index is -0.657. The Labute approximate surface area is 265 Å². The van der Waals surface area contributed by atoms with Gasteiger partial charge in [-0.3, -0.25) is 9.59 Å². The Morgan fingerprint density at radius 3 is 2.11 bits per heavy atom. The number of esters is 2. The number of urea groups is 1. The lowest BCUT2D eigenvalue weighted by Gasteiger charge is -2.36. The van der Waals surface area contributed by atoms with Gasteiger partial charge >= 0.3 is 24.1 Å². The first-order valence-corrected chi connectivity index (χ1v) is 16.1. The number of amides is 3. The molecule has 5 rings (SSSR count). The molecule has 1 saturated carbocycles. The third-order valence-electron chi connectivity index (χ3n) is 9.19. The maximum Gasteiger partial charge on any atom is 0.410 e. The second-order valence-electron chi connectivity index (χ2n) is 13.3. The highest BCUT2D eigenvalue weighted by molar-refractivity contribution is 5.78. The summed E-state index contributed by atoms with van der Waals surface area (Å²) in [6.07, 6.45) is 4.13. The summed E-state index contributed by atoms with van der Waals surface area (Å²) in [7, 11) is 0. The lowest BCUT2D eigenvalue weighted by Crippen LogP contribution is -2.42. The van der Waals surface area contributed by atoms with Gasteiger partial charge in [-0.25, -0.2) is 9.59 Å². The lowest BCUT2D eigenvalue weighted by atomic mass is 9.84. The van der Waals surface area contributed by atoms with Gasteiger partial charge in [-0.1, -0.05) is 54.6 Å². The maximum atomic E-state index is 12.9. The monoisotopic (exact) mass is 619 g/mol. The van der Waals surface area contributed by atoms with Crippen molar-refractivity contribution in [2.75, 3.05) is 26.4 Å². The zero-order chi connectivity index (χ0) is 32.0. The van der Waals surface area contributed by atoms with Gasteiger partial charge in [0.25, 0.3) is 0 Å². The third kappa shape index (κ3) is 8.15. The van der Waals surface area contributed by atoms with Crippen molar-refractivity contribution in [3.8, 4) is 0 Å². The Balaban J connectivity index is 1.08. The van der Waals surface area contributed by atoms with E-state index in [1.807, 2.05) is 35.2 Å². The van der Waals surface area contributed by atoms with Crippen LogP contribution in [-0.4, -0.2) is 66.3 Å². The molecule has 3 aliphatic rings. The molecule has 242 valence electrons. The van der Waals surface area contributed by atoms with E-state index >= 15 is 0 Å². The normalized spacial score (nSPS) is 22.5. The summed E-state index contributed by atoms with van der Waals surface area (Å²) < 4.78 is 15.8. The summed E-state index contributed by atoms with van der Waals surface area (Å²) in [6.45, 7) is 7.00. The summed E-state index contributed by atoms with van der Waals surface area (Å²) in [4.78, 5) is 53.7. The number of carbonyl (C=O) groups excluding carboxylic acids is 4. The van der Waals surface area contributed by atoms with E-state index < -0.39 is 11.4 Å². The summed E-state index contributed by atoms with van der Waals surface area (Å²) in [5.41, 5.74) is 2.65. The quantitative estimate of drug-likeness (QED) is 0.288. The highest BCUT2D eigenvalue weighted by Gasteiger charge is 2.40. The van der Waals surface area contributed by atoms with Crippen molar-refractivity contribution in [2.24, 2.45) is 11.3 Å².